The van der Waals surface area contributed by atoms with Crippen LogP contribution in [0, 0.1) is 6.92 Å². The summed E-state index contributed by atoms with van der Waals surface area (Å²) in [4.78, 5) is 5.05. The van der Waals surface area contributed by atoms with Crippen molar-refractivity contribution in [1.82, 2.24) is 5.01 Å². The van der Waals surface area contributed by atoms with Crippen molar-refractivity contribution >= 4 is 11.6 Å². The van der Waals surface area contributed by atoms with Gasteiger partial charge in [0.1, 0.15) is 26.1 Å². The molecule has 0 fully saturated rings. The molecule has 0 saturated heterocycles. The number of rotatable bonds is 6. The van der Waals surface area contributed by atoms with Crippen LogP contribution in [0.25, 0.3) is 0 Å². The molecule has 0 atom stereocenters. The smallest absolute Gasteiger partial charge is 0.261 e. The normalized spacial score (nSPS) is 14.5. The summed E-state index contributed by atoms with van der Waals surface area (Å²) in [6.45, 7) is 3.73. The van der Waals surface area contributed by atoms with Gasteiger partial charge in [-0.05, 0) is 24.1 Å². The zero-order valence-electron chi connectivity index (χ0n) is 15.3. The molecule has 26 heavy (non-hydrogen) atoms. The van der Waals surface area contributed by atoms with Gasteiger partial charge in [0.2, 0.25) is 0 Å². The van der Waals surface area contributed by atoms with E-state index in [9.17, 15) is 0 Å². The molecule has 6 nitrogen and oxygen atoms in total. The van der Waals surface area contributed by atoms with Crippen LogP contribution in [0.1, 0.15) is 16.7 Å². The van der Waals surface area contributed by atoms with Gasteiger partial charge >= 0.3 is 0 Å². The number of hydrazone groups is 1. The number of ether oxygens (including phenoxy) is 2. The second-order valence-corrected chi connectivity index (χ2v) is 5.97. The quantitative estimate of drug-likeness (QED) is 0.591. The Morgan fingerprint density at radius 2 is 1.96 bits per heavy atom. The molecule has 2 aromatic rings. The van der Waals surface area contributed by atoms with Crippen molar-refractivity contribution in [2.45, 2.75) is 13.5 Å². The van der Waals surface area contributed by atoms with Crippen LogP contribution in [0.15, 0.2) is 58.8 Å². The van der Waals surface area contributed by atoms with Crippen molar-refractivity contribution in [2.75, 3.05) is 27.3 Å². The molecule has 0 aliphatic carbocycles. The monoisotopic (exact) mass is 353 g/mol. The number of nitrogens with zero attached hydrogens (tertiary/aromatic N) is 3. The third kappa shape index (κ3) is 4.14. The molecule has 1 heterocycles. The van der Waals surface area contributed by atoms with E-state index >= 15 is 0 Å². The lowest BCUT2D eigenvalue weighted by Gasteiger charge is -2.23. The highest BCUT2D eigenvalue weighted by Gasteiger charge is 2.22. The van der Waals surface area contributed by atoms with Crippen molar-refractivity contribution in [2.24, 2.45) is 10.3 Å². The van der Waals surface area contributed by atoms with E-state index < -0.39 is 0 Å². The molecule has 0 spiro atoms. The molecule has 0 N–H and O–H groups in total. The average Bonchev–Trinajstić information content (AvgIpc) is 2.66. The first-order valence-corrected chi connectivity index (χ1v) is 8.50. The summed E-state index contributed by atoms with van der Waals surface area (Å²) in [5.74, 6) is 1.31. The van der Waals surface area contributed by atoms with E-state index in [2.05, 4.69) is 10.3 Å². The molecule has 0 aromatic heterocycles. The molecule has 1 aliphatic heterocycles. The zero-order chi connectivity index (χ0) is 18.4. The topological polar surface area (TPSA) is 55.7 Å². The molecule has 2 aromatic carbocycles. The summed E-state index contributed by atoms with van der Waals surface area (Å²) in [6.07, 6.45) is 0. The highest BCUT2D eigenvalue weighted by Crippen LogP contribution is 2.20. The summed E-state index contributed by atoms with van der Waals surface area (Å²) in [6, 6.07) is 15.8. The van der Waals surface area contributed by atoms with Gasteiger partial charge in [0, 0.05) is 12.6 Å². The van der Waals surface area contributed by atoms with E-state index in [4.69, 9.17) is 14.3 Å². The molecular formula is C20H23N3O3. The van der Waals surface area contributed by atoms with Crippen LogP contribution in [0.3, 0.4) is 0 Å². The van der Waals surface area contributed by atoms with Crippen molar-refractivity contribution in [3.8, 4) is 5.75 Å². The highest BCUT2D eigenvalue weighted by molar-refractivity contribution is 6.45. The van der Waals surface area contributed by atoms with Crippen LogP contribution in [-0.2, 0) is 16.2 Å². The standard InChI is InChI=1S/C20H23N3O3/c1-15-8-4-7-11-18(15)26-14-16-9-5-6-10-17(16)19(22-24-3)20-21-23(2)12-13-25-20/h4-11H,12-14H2,1-3H3. The first-order chi connectivity index (χ1) is 12.7. The van der Waals surface area contributed by atoms with Crippen LogP contribution in [0.2, 0.25) is 0 Å². The predicted octanol–water partition coefficient (Wildman–Crippen LogP) is 3.20. The lowest BCUT2D eigenvalue weighted by atomic mass is 10.0. The van der Waals surface area contributed by atoms with Crippen LogP contribution >= 0.6 is 0 Å². The molecule has 0 radical (unpaired) electrons. The van der Waals surface area contributed by atoms with Crippen LogP contribution in [0.5, 0.6) is 5.75 Å². The summed E-state index contributed by atoms with van der Waals surface area (Å²) < 4.78 is 11.7. The number of para-hydroxylation sites is 1. The number of likely N-dealkylation sites (N-methyl/N-ethyl adjacent to an activating group) is 1. The van der Waals surface area contributed by atoms with Gasteiger partial charge < -0.3 is 14.3 Å². The van der Waals surface area contributed by atoms with Gasteiger partial charge in [-0.15, -0.1) is 5.10 Å². The molecular weight excluding hydrogens is 330 g/mol. The van der Waals surface area contributed by atoms with Gasteiger partial charge in [0.25, 0.3) is 5.90 Å². The van der Waals surface area contributed by atoms with E-state index in [1.54, 1.807) is 0 Å². The number of hydrogen-bond donors (Lipinski definition) is 0. The van der Waals surface area contributed by atoms with Crippen molar-refractivity contribution in [3.05, 3.63) is 65.2 Å². The molecule has 0 saturated carbocycles. The lowest BCUT2D eigenvalue weighted by molar-refractivity contribution is 0.190. The fourth-order valence-electron chi connectivity index (χ4n) is 2.67. The van der Waals surface area contributed by atoms with E-state index in [1.807, 2.05) is 67.5 Å². The zero-order valence-corrected chi connectivity index (χ0v) is 15.3. The summed E-state index contributed by atoms with van der Waals surface area (Å²) in [5, 5.41) is 10.4. The van der Waals surface area contributed by atoms with Gasteiger partial charge in [-0.25, -0.2) is 0 Å². The number of oxime groups is 1. The van der Waals surface area contributed by atoms with Crippen LogP contribution < -0.4 is 4.74 Å². The van der Waals surface area contributed by atoms with E-state index in [0.29, 0.717) is 24.8 Å². The second kappa shape index (κ2) is 8.38. The summed E-state index contributed by atoms with van der Waals surface area (Å²) in [7, 11) is 3.42. The van der Waals surface area contributed by atoms with Crippen molar-refractivity contribution in [3.63, 3.8) is 0 Å². The minimum absolute atomic E-state index is 0.410. The average molecular weight is 353 g/mol. The third-order valence-electron chi connectivity index (χ3n) is 4.05. The Kier molecular flexibility index (Phi) is 5.73. The van der Waals surface area contributed by atoms with E-state index in [1.165, 1.54) is 7.11 Å². The SMILES string of the molecule is CON=C(C1=NN(C)CCO1)c1ccccc1COc1ccccc1C. The minimum atomic E-state index is 0.410. The maximum absolute atomic E-state index is 6.01. The van der Waals surface area contributed by atoms with Crippen LogP contribution in [0.4, 0.5) is 0 Å². The van der Waals surface area contributed by atoms with Crippen molar-refractivity contribution in [1.29, 1.82) is 0 Å². The lowest BCUT2D eigenvalue weighted by Crippen LogP contribution is -2.33. The van der Waals surface area contributed by atoms with Gasteiger partial charge in [0.05, 0.1) is 6.54 Å². The largest absolute Gasteiger partial charge is 0.489 e. The number of hydrogen-bond acceptors (Lipinski definition) is 6. The molecule has 0 unspecified atom stereocenters. The molecule has 0 bridgehead atoms. The summed E-state index contributed by atoms with van der Waals surface area (Å²) >= 11 is 0. The Morgan fingerprint density at radius 3 is 2.73 bits per heavy atom. The van der Waals surface area contributed by atoms with E-state index in [-0.39, 0.29) is 0 Å². The molecule has 136 valence electrons. The Hall–Kier alpha value is -3.02. The van der Waals surface area contributed by atoms with Crippen molar-refractivity contribution < 1.29 is 14.3 Å². The number of aryl methyl sites for hydroxylation is 1. The van der Waals surface area contributed by atoms with Gasteiger partial charge in [0.15, 0.2) is 5.71 Å². The summed E-state index contributed by atoms with van der Waals surface area (Å²) in [5.41, 5.74) is 3.50. The van der Waals surface area contributed by atoms with Gasteiger partial charge in [-0.1, -0.05) is 47.6 Å². The third-order valence-corrected chi connectivity index (χ3v) is 4.05. The molecule has 6 heteroatoms. The highest BCUT2D eigenvalue weighted by atomic mass is 16.6. The molecule has 0 amide bonds. The van der Waals surface area contributed by atoms with Gasteiger partial charge in [-0.3, -0.25) is 5.01 Å². The van der Waals surface area contributed by atoms with E-state index in [0.717, 1.165) is 29.0 Å². The maximum atomic E-state index is 6.01. The maximum Gasteiger partial charge on any atom is 0.261 e. The molecule has 1 aliphatic rings. The molecule has 3 rings (SSSR count). The fourth-order valence-corrected chi connectivity index (χ4v) is 2.67. The Bertz CT molecular complexity index is 817. The Labute approximate surface area is 153 Å². The Morgan fingerprint density at radius 1 is 1.19 bits per heavy atom. The predicted molar refractivity (Wildman–Crippen MR) is 102 cm³/mol. The van der Waals surface area contributed by atoms with Crippen LogP contribution in [-0.4, -0.2) is 43.9 Å². The first-order valence-electron chi connectivity index (χ1n) is 8.50. The fraction of sp³-hybridized carbons (Fsp3) is 0.300. The minimum Gasteiger partial charge on any atom is -0.489 e. The second-order valence-electron chi connectivity index (χ2n) is 5.97. The first kappa shape index (κ1) is 17.8. The Balaban J connectivity index is 1.89. The van der Waals surface area contributed by atoms with Gasteiger partial charge in [-0.2, -0.15) is 0 Å². The number of benzene rings is 2.